The van der Waals surface area contributed by atoms with Gasteiger partial charge < -0.3 is 24.2 Å². The maximum Gasteiger partial charge on any atom is 0.357 e. The highest BCUT2D eigenvalue weighted by molar-refractivity contribution is 5.96. The summed E-state index contributed by atoms with van der Waals surface area (Å²) in [4.78, 5) is 20.9. The molecule has 0 aliphatic carbocycles. The molecule has 29 heavy (non-hydrogen) atoms. The second-order valence-electron chi connectivity index (χ2n) is 6.01. The van der Waals surface area contributed by atoms with Crippen molar-refractivity contribution in [1.29, 1.82) is 5.26 Å². The number of esters is 1. The van der Waals surface area contributed by atoms with Crippen molar-refractivity contribution in [1.82, 2.24) is 14.5 Å². The van der Waals surface area contributed by atoms with E-state index in [9.17, 15) is 10.1 Å². The standard InChI is InChI=1S/C20H15N5O4/c1-27-14-6-5-11(19-24-18-15(29-19)4-3-7-23-18)8-13(14)25-10-12(9-21)16(22)17(25)20(26)28-2/h3-8,10H,22H2,1-2H3. The lowest BCUT2D eigenvalue weighted by atomic mass is 10.1. The van der Waals surface area contributed by atoms with E-state index >= 15 is 0 Å². The molecule has 0 atom stereocenters. The van der Waals surface area contributed by atoms with Crippen LogP contribution >= 0.6 is 0 Å². The molecular weight excluding hydrogens is 374 g/mol. The van der Waals surface area contributed by atoms with Gasteiger partial charge in [-0.3, -0.25) is 0 Å². The van der Waals surface area contributed by atoms with Gasteiger partial charge >= 0.3 is 5.97 Å². The number of oxazole rings is 1. The van der Waals surface area contributed by atoms with Gasteiger partial charge in [0, 0.05) is 18.0 Å². The number of methoxy groups -OCH3 is 2. The Balaban J connectivity index is 1.94. The summed E-state index contributed by atoms with van der Waals surface area (Å²) in [5.74, 6) is 0.123. The third-order valence-electron chi connectivity index (χ3n) is 4.39. The Bertz CT molecular complexity index is 1250. The number of anilines is 1. The Kier molecular flexibility index (Phi) is 4.37. The number of carbonyl (C=O) groups is 1. The zero-order chi connectivity index (χ0) is 20.5. The van der Waals surface area contributed by atoms with E-state index in [1.54, 1.807) is 36.5 Å². The van der Waals surface area contributed by atoms with E-state index in [2.05, 4.69) is 9.97 Å². The van der Waals surface area contributed by atoms with Crippen molar-refractivity contribution in [2.75, 3.05) is 20.0 Å². The van der Waals surface area contributed by atoms with Gasteiger partial charge in [-0.15, -0.1) is 0 Å². The number of pyridine rings is 1. The number of fused-ring (bicyclic) bond motifs is 1. The maximum atomic E-state index is 12.3. The third kappa shape index (κ3) is 2.93. The number of nitrogens with zero attached hydrogens (tertiary/aromatic N) is 4. The number of nitriles is 1. The van der Waals surface area contributed by atoms with Crippen LogP contribution in [0.1, 0.15) is 16.1 Å². The lowest BCUT2D eigenvalue weighted by molar-refractivity contribution is 0.0593. The summed E-state index contributed by atoms with van der Waals surface area (Å²) in [6, 6.07) is 10.7. The molecule has 0 radical (unpaired) electrons. The molecule has 144 valence electrons. The van der Waals surface area contributed by atoms with Crippen LogP contribution < -0.4 is 10.5 Å². The number of hydrogen-bond acceptors (Lipinski definition) is 8. The average molecular weight is 389 g/mol. The van der Waals surface area contributed by atoms with Crippen LogP contribution in [0.4, 0.5) is 5.69 Å². The lowest BCUT2D eigenvalue weighted by Crippen LogP contribution is -2.11. The highest BCUT2D eigenvalue weighted by Gasteiger charge is 2.24. The molecule has 0 bridgehead atoms. The van der Waals surface area contributed by atoms with Crippen molar-refractivity contribution in [3.63, 3.8) is 0 Å². The predicted octanol–water partition coefficient (Wildman–Crippen LogP) is 2.93. The Morgan fingerprint density at radius 3 is 2.83 bits per heavy atom. The molecule has 9 nitrogen and oxygen atoms in total. The van der Waals surface area contributed by atoms with Gasteiger partial charge in [0.1, 0.15) is 11.8 Å². The molecular formula is C20H15N5O4. The molecule has 3 heterocycles. The monoisotopic (exact) mass is 389 g/mol. The first-order valence-electron chi connectivity index (χ1n) is 8.47. The SMILES string of the molecule is COC(=O)c1c(N)c(C#N)cn1-c1cc(-c2nc3ncccc3o2)ccc1OC. The second-order valence-corrected chi connectivity index (χ2v) is 6.01. The largest absolute Gasteiger partial charge is 0.495 e. The summed E-state index contributed by atoms with van der Waals surface area (Å²) in [6.45, 7) is 0. The molecule has 4 aromatic rings. The number of carbonyl (C=O) groups excluding carboxylic acids is 1. The molecule has 0 aliphatic rings. The minimum absolute atomic E-state index is 0.0258. The first-order chi connectivity index (χ1) is 14.1. The van der Waals surface area contributed by atoms with Gasteiger partial charge in [-0.1, -0.05) is 0 Å². The number of aromatic nitrogens is 3. The fourth-order valence-corrected chi connectivity index (χ4v) is 3.01. The Morgan fingerprint density at radius 1 is 1.31 bits per heavy atom. The average Bonchev–Trinajstić information content (AvgIpc) is 3.33. The van der Waals surface area contributed by atoms with Gasteiger partial charge in [0.15, 0.2) is 16.9 Å². The summed E-state index contributed by atoms with van der Waals surface area (Å²) in [6.07, 6.45) is 3.08. The summed E-state index contributed by atoms with van der Waals surface area (Å²) in [5, 5.41) is 9.34. The van der Waals surface area contributed by atoms with Gasteiger partial charge in [0.05, 0.1) is 31.2 Å². The molecule has 3 aromatic heterocycles. The first kappa shape index (κ1) is 18.1. The van der Waals surface area contributed by atoms with Crippen molar-refractivity contribution in [2.45, 2.75) is 0 Å². The van der Waals surface area contributed by atoms with Gasteiger partial charge in [-0.05, 0) is 30.3 Å². The Hall–Kier alpha value is -4.32. The van der Waals surface area contributed by atoms with Crippen LogP contribution in [0.3, 0.4) is 0 Å². The minimum Gasteiger partial charge on any atom is -0.495 e. The molecule has 4 rings (SSSR count). The van der Waals surface area contributed by atoms with Crippen LogP contribution in [0, 0.1) is 11.3 Å². The van der Waals surface area contributed by atoms with Crippen LogP contribution in [0.15, 0.2) is 47.1 Å². The van der Waals surface area contributed by atoms with Crippen molar-refractivity contribution in [2.24, 2.45) is 0 Å². The number of nitrogens with two attached hydrogens (primary N) is 1. The number of rotatable bonds is 4. The lowest BCUT2D eigenvalue weighted by Gasteiger charge is -2.13. The van der Waals surface area contributed by atoms with E-state index in [0.717, 1.165) is 0 Å². The summed E-state index contributed by atoms with van der Waals surface area (Å²) in [5.41, 5.74) is 8.31. The van der Waals surface area contributed by atoms with Crippen LogP contribution in [0.25, 0.3) is 28.4 Å². The molecule has 0 unspecified atom stereocenters. The Morgan fingerprint density at radius 2 is 2.14 bits per heavy atom. The summed E-state index contributed by atoms with van der Waals surface area (Å²) in [7, 11) is 2.74. The van der Waals surface area contributed by atoms with Gasteiger partial charge in [0.25, 0.3) is 0 Å². The minimum atomic E-state index is -0.678. The molecule has 0 amide bonds. The van der Waals surface area contributed by atoms with Crippen LogP contribution in [-0.2, 0) is 4.74 Å². The first-order valence-corrected chi connectivity index (χ1v) is 8.47. The number of nitrogen functional groups attached to an aromatic ring is 1. The van der Waals surface area contributed by atoms with Crippen molar-refractivity contribution >= 4 is 22.9 Å². The van der Waals surface area contributed by atoms with Gasteiger partial charge in [-0.2, -0.15) is 10.2 Å². The number of benzene rings is 1. The zero-order valence-electron chi connectivity index (χ0n) is 15.5. The van der Waals surface area contributed by atoms with Gasteiger partial charge in [0.2, 0.25) is 5.89 Å². The van der Waals surface area contributed by atoms with Crippen molar-refractivity contribution < 1.29 is 18.7 Å². The van der Waals surface area contributed by atoms with Crippen LogP contribution in [0.5, 0.6) is 5.75 Å². The van der Waals surface area contributed by atoms with Crippen molar-refractivity contribution in [3.8, 4) is 29.0 Å². The fraction of sp³-hybridized carbons (Fsp3) is 0.100. The van der Waals surface area contributed by atoms with E-state index in [1.807, 2.05) is 6.07 Å². The smallest absolute Gasteiger partial charge is 0.357 e. The molecule has 0 saturated heterocycles. The predicted molar refractivity (Wildman–Crippen MR) is 104 cm³/mol. The van der Waals surface area contributed by atoms with Crippen molar-refractivity contribution in [3.05, 3.63) is 54.0 Å². The summed E-state index contributed by atoms with van der Waals surface area (Å²) < 4.78 is 17.5. The highest BCUT2D eigenvalue weighted by atomic mass is 16.5. The quantitative estimate of drug-likeness (QED) is 0.527. The van der Waals surface area contributed by atoms with E-state index in [0.29, 0.717) is 34.1 Å². The van der Waals surface area contributed by atoms with Crippen LogP contribution in [0.2, 0.25) is 0 Å². The second kappa shape index (κ2) is 7.01. The molecule has 1 aromatic carbocycles. The Labute approximate surface area is 164 Å². The van der Waals surface area contributed by atoms with Gasteiger partial charge in [-0.25, -0.2) is 9.78 Å². The summed E-state index contributed by atoms with van der Waals surface area (Å²) >= 11 is 0. The molecule has 0 aliphatic heterocycles. The van der Waals surface area contributed by atoms with E-state index in [1.165, 1.54) is 25.0 Å². The number of ether oxygens (including phenoxy) is 2. The third-order valence-corrected chi connectivity index (χ3v) is 4.39. The van der Waals surface area contributed by atoms with Crippen LogP contribution in [-0.4, -0.2) is 34.7 Å². The van der Waals surface area contributed by atoms with E-state index in [4.69, 9.17) is 19.6 Å². The fourth-order valence-electron chi connectivity index (χ4n) is 3.01. The topological polar surface area (TPSA) is 129 Å². The normalized spacial score (nSPS) is 10.7. The molecule has 9 heteroatoms. The molecule has 0 saturated carbocycles. The molecule has 2 N–H and O–H groups in total. The molecule has 0 fully saturated rings. The maximum absolute atomic E-state index is 12.3. The number of hydrogen-bond donors (Lipinski definition) is 1. The zero-order valence-corrected chi connectivity index (χ0v) is 15.5. The molecule has 0 spiro atoms. The van der Waals surface area contributed by atoms with E-state index < -0.39 is 5.97 Å². The highest BCUT2D eigenvalue weighted by Crippen LogP contribution is 2.34. The van der Waals surface area contributed by atoms with E-state index in [-0.39, 0.29) is 16.9 Å².